The molecule has 2 rings (SSSR count). The van der Waals surface area contributed by atoms with Gasteiger partial charge in [0.15, 0.2) is 0 Å². The van der Waals surface area contributed by atoms with Gasteiger partial charge in [-0.3, -0.25) is 10.1 Å². The molecule has 0 bridgehead atoms. The predicted molar refractivity (Wildman–Crippen MR) is 69.8 cm³/mol. The minimum atomic E-state index is -0.560. The highest BCUT2D eigenvalue weighted by Gasteiger charge is 2.26. The molecule has 98 valence electrons. The number of nitrogen functional groups attached to an aromatic ring is 1. The lowest BCUT2D eigenvalue weighted by atomic mass is 10.2. The van der Waals surface area contributed by atoms with E-state index in [4.69, 9.17) is 17.3 Å². The minimum absolute atomic E-state index is 0.0504. The molecule has 1 saturated heterocycles. The van der Waals surface area contributed by atoms with Gasteiger partial charge in [-0.05, 0) is 20.0 Å². The molecule has 1 atom stereocenters. The zero-order valence-corrected chi connectivity index (χ0v) is 10.6. The summed E-state index contributed by atoms with van der Waals surface area (Å²) in [6.45, 7) is 1.77. The Morgan fingerprint density at radius 3 is 3.00 bits per heavy atom. The average Bonchev–Trinajstić information content (AvgIpc) is 2.69. The fourth-order valence-corrected chi connectivity index (χ4v) is 2.17. The first-order chi connectivity index (χ1) is 8.49. The molecule has 1 aromatic rings. The summed E-state index contributed by atoms with van der Waals surface area (Å²) in [6.07, 6.45) is 2.24. The van der Waals surface area contributed by atoms with Gasteiger partial charge in [-0.25, -0.2) is 4.98 Å². The van der Waals surface area contributed by atoms with E-state index in [0.29, 0.717) is 0 Å². The number of nitrogens with zero attached hydrogens (tertiary/aromatic N) is 3. The molecule has 8 heteroatoms. The van der Waals surface area contributed by atoms with E-state index in [9.17, 15) is 10.1 Å². The molecule has 18 heavy (non-hydrogen) atoms. The lowest BCUT2D eigenvalue weighted by molar-refractivity contribution is -0.383. The number of rotatable bonds is 3. The summed E-state index contributed by atoms with van der Waals surface area (Å²) in [6, 6.07) is 0.141. The van der Waals surface area contributed by atoms with Crippen molar-refractivity contribution in [2.75, 3.05) is 31.2 Å². The molecular weight excluding hydrogens is 258 g/mol. The van der Waals surface area contributed by atoms with E-state index >= 15 is 0 Å². The largest absolute Gasteiger partial charge is 0.392 e. The zero-order chi connectivity index (χ0) is 13.3. The molecule has 7 nitrogen and oxygen atoms in total. The molecule has 1 aliphatic heterocycles. The molecule has 0 radical (unpaired) electrons. The van der Waals surface area contributed by atoms with Crippen molar-refractivity contribution in [2.45, 2.75) is 12.5 Å². The maximum Gasteiger partial charge on any atom is 0.335 e. The topological polar surface area (TPSA) is 97.3 Å². The third-order valence-electron chi connectivity index (χ3n) is 2.96. The molecule has 0 aliphatic carbocycles. The number of anilines is 2. The van der Waals surface area contributed by atoms with Crippen molar-refractivity contribution in [2.24, 2.45) is 0 Å². The molecule has 0 spiro atoms. The maximum absolute atomic E-state index is 11.0. The van der Waals surface area contributed by atoms with Crippen molar-refractivity contribution in [3.63, 3.8) is 0 Å². The molecule has 2 heterocycles. The van der Waals surface area contributed by atoms with Gasteiger partial charge in [0.2, 0.25) is 5.82 Å². The number of pyridine rings is 1. The van der Waals surface area contributed by atoms with E-state index in [1.165, 1.54) is 6.20 Å². The second-order valence-corrected chi connectivity index (χ2v) is 4.77. The van der Waals surface area contributed by atoms with Gasteiger partial charge in [0.25, 0.3) is 0 Å². The Labute approximate surface area is 109 Å². The number of likely N-dealkylation sites (tertiary alicyclic amines) is 1. The summed E-state index contributed by atoms with van der Waals surface area (Å²) in [5, 5.41) is 14.2. The third-order valence-corrected chi connectivity index (χ3v) is 3.26. The summed E-state index contributed by atoms with van der Waals surface area (Å²) in [7, 11) is 2.00. The summed E-state index contributed by atoms with van der Waals surface area (Å²) in [5.74, 6) is 0.183. The van der Waals surface area contributed by atoms with Crippen LogP contribution >= 0.6 is 11.6 Å². The van der Waals surface area contributed by atoms with E-state index in [1.54, 1.807) is 0 Å². The van der Waals surface area contributed by atoms with Crippen molar-refractivity contribution in [3.8, 4) is 0 Å². The van der Waals surface area contributed by atoms with Crippen LogP contribution in [-0.2, 0) is 0 Å². The van der Waals surface area contributed by atoms with Gasteiger partial charge in [0, 0.05) is 12.6 Å². The lowest BCUT2D eigenvalue weighted by Gasteiger charge is -2.14. The van der Waals surface area contributed by atoms with E-state index in [2.05, 4.69) is 15.2 Å². The summed E-state index contributed by atoms with van der Waals surface area (Å²) >= 11 is 5.74. The summed E-state index contributed by atoms with van der Waals surface area (Å²) < 4.78 is 0. The van der Waals surface area contributed by atoms with Crippen molar-refractivity contribution in [3.05, 3.63) is 21.3 Å². The highest BCUT2D eigenvalue weighted by atomic mass is 35.5. The third kappa shape index (κ3) is 2.46. The Balaban J connectivity index is 2.27. The monoisotopic (exact) mass is 271 g/mol. The molecule has 3 N–H and O–H groups in total. The van der Waals surface area contributed by atoms with Crippen LogP contribution in [0.25, 0.3) is 0 Å². The van der Waals surface area contributed by atoms with E-state index < -0.39 is 4.92 Å². The van der Waals surface area contributed by atoms with Gasteiger partial charge >= 0.3 is 5.69 Å². The van der Waals surface area contributed by atoms with Crippen LogP contribution in [0.4, 0.5) is 17.2 Å². The van der Waals surface area contributed by atoms with Crippen LogP contribution < -0.4 is 11.1 Å². The predicted octanol–water partition coefficient (Wildman–Crippen LogP) is 1.34. The Bertz CT molecular complexity index is 482. The van der Waals surface area contributed by atoms with Crippen LogP contribution in [0.2, 0.25) is 5.02 Å². The SMILES string of the molecule is CN1CC[C@H](Nc2ncc(Cl)c(N)c2[N+](=O)[O-])C1. The number of halogens is 1. The normalized spacial score (nSPS) is 20.0. The Hall–Kier alpha value is -1.60. The van der Waals surface area contributed by atoms with E-state index in [-0.39, 0.29) is 28.3 Å². The van der Waals surface area contributed by atoms with Crippen LogP contribution in [0.3, 0.4) is 0 Å². The summed E-state index contributed by atoms with van der Waals surface area (Å²) in [5.41, 5.74) is 5.32. The second-order valence-electron chi connectivity index (χ2n) is 4.37. The van der Waals surface area contributed by atoms with Gasteiger partial charge in [0.05, 0.1) is 16.1 Å². The number of likely N-dealkylation sites (N-methyl/N-ethyl adjacent to an activating group) is 1. The molecular formula is C10H14ClN5O2. The number of nitro groups is 1. The number of nitrogens with one attached hydrogen (secondary N) is 1. The molecule has 1 aliphatic rings. The summed E-state index contributed by atoms with van der Waals surface area (Å²) in [4.78, 5) is 16.6. The molecule has 0 amide bonds. The minimum Gasteiger partial charge on any atom is -0.392 e. The zero-order valence-electron chi connectivity index (χ0n) is 9.89. The quantitative estimate of drug-likeness (QED) is 0.636. The van der Waals surface area contributed by atoms with Crippen LogP contribution in [0.5, 0.6) is 0 Å². The van der Waals surface area contributed by atoms with Crippen LogP contribution in [0, 0.1) is 10.1 Å². The Kier molecular flexibility index (Phi) is 3.53. The maximum atomic E-state index is 11.0. The fraction of sp³-hybridized carbons (Fsp3) is 0.500. The molecule has 0 unspecified atom stereocenters. The molecule has 1 aromatic heterocycles. The number of hydrogen-bond acceptors (Lipinski definition) is 6. The number of nitrogens with two attached hydrogens (primary N) is 1. The first kappa shape index (κ1) is 12.8. The highest BCUT2D eigenvalue weighted by molar-refractivity contribution is 6.33. The van der Waals surface area contributed by atoms with Gasteiger partial charge < -0.3 is 16.0 Å². The van der Waals surface area contributed by atoms with Crippen LogP contribution in [0.1, 0.15) is 6.42 Å². The lowest BCUT2D eigenvalue weighted by Crippen LogP contribution is -2.24. The van der Waals surface area contributed by atoms with Gasteiger partial charge in [-0.15, -0.1) is 0 Å². The van der Waals surface area contributed by atoms with Crippen molar-refractivity contribution in [1.82, 2.24) is 9.88 Å². The Morgan fingerprint density at radius 1 is 1.72 bits per heavy atom. The van der Waals surface area contributed by atoms with Crippen LogP contribution in [-0.4, -0.2) is 41.0 Å². The van der Waals surface area contributed by atoms with Gasteiger partial charge in [-0.1, -0.05) is 11.6 Å². The van der Waals surface area contributed by atoms with Crippen molar-refractivity contribution >= 4 is 28.8 Å². The molecule has 1 fully saturated rings. The number of hydrogen-bond donors (Lipinski definition) is 2. The fourth-order valence-electron chi connectivity index (χ4n) is 2.03. The first-order valence-electron chi connectivity index (χ1n) is 5.52. The van der Waals surface area contributed by atoms with Gasteiger partial charge in [0.1, 0.15) is 5.69 Å². The van der Waals surface area contributed by atoms with E-state index in [0.717, 1.165) is 19.5 Å². The molecule has 0 saturated carbocycles. The first-order valence-corrected chi connectivity index (χ1v) is 5.90. The van der Waals surface area contributed by atoms with Crippen LogP contribution in [0.15, 0.2) is 6.20 Å². The van der Waals surface area contributed by atoms with Crippen molar-refractivity contribution < 1.29 is 4.92 Å². The second kappa shape index (κ2) is 4.95. The average molecular weight is 272 g/mol. The molecule has 0 aromatic carbocycles. The standard InChI is InChI=1S/C10H14ClN5O2/c1-15-3-2-6(5-15)14-10-9(16(17)18)8(12)7(11)4-13-10/h4,6H,2-3,5H2,1H3,(H3,12,13,14)/t6-/m0/s1. The van der Waals surface area contributed by atoms with E-state index in [1.807, 2.05) is 7.05 Å². The smallest absolute Gasteiger partial charge is 0.335 e. The van der Waals surface area contributed by atoms with Crippen molar-refractivity contribution in [1.29, 1.82) is 0 Å². The number of aromatic nitrogens is 1. The van der Waals surface area contributed by atoms with Gasteiger partial charge in [-0.2, -0.15) is 0 Å². The Morgan fingerprint density at radius 2 is 2.44 bits per heavy atom. The highest BCUT2D eigenvalue weighted by Crippen LogP contribution is 2.34.